The molecular formula is C20H23FN4O. The van der Waals surface area contributed by atoms with Crippen LogP contribution in [-0.4, -0.2) is 51.9 Å². The minimum atomic E-state index is -0.197. The minimum absolute atomic E-state index is 0.0193. The van der Waals surface area contributed by atoms with Gasteiger partial charge in [-0.25, -0.2) is 9.37 Å². The molecule has 2 aliphatic rings. The predicted octanol–water partition coefficient (Wildman–Crippen LogP) is 2.74. The molecule has 1 aromatic heterocycles. The van der Waals surface area contributed by atoms with Crippen molar-refractivity contribution in [2.24, 2.45) is 5.41 Å². The second-order valence-electron chi connectivity index (χ2n) is 7.51. The number of carbonyl (C=O) groups is 1. The Hall–Kier alpha value is -2.34. The van der Waals surface area contributed by atoms with Crippen molar-refractivity contribution in [3.8, 4) is 0 Å². The Labute approximate surface area is 152 Å². The molecule has 0 unspecified atom stereocenters. The Bertz CT molecular complexity index is 767. The number of likely N-dealkylation sites (tertiary alicyclic amines) is 2. The van der Waals surface area contributed by atoms with Crippen LogP contribution in [0.15, 0.2) is 42.9 Å². The first-order valence-corrected chi connectivity index (χ1v) is 9.16. The number of hydrogen-bond donors (Lipinski definition) is 0. The van der Waals surface area contributed by atoms with E-state index >= 15 is 0 Å². The van der Waals surface area contributed by atoms with E-state index in [2.05, 4.69) is 14.9 Å². The Kier molecular flexibility index (Phi) is 4.68. The minimum Gasteiger partial charge on any atom is -0.337 e. The number of aromatic nitrogens is 2. The molecule has 5 nitrogen and oxygen atoms in total. The van der Waals surface area contributed by atoms with Crippen molar-refractivity contribution in [3.63, 3.8) is 0 Å². The summed E-state index contributed by atoms with van der Waals surface area (Å²) in [4.78, 5) is 25.2. The van der Waals surface area contributed by atoms with Crippen LogP contribution in [0, 0.1) is 11.2 Å². The Morgan fingerprint density at radius 2 is 1.96 bits per heavy atom. The number of carbonyl (C=O) groups excluding carboxylic acids is 1. The molecule has 4 rings (SSSR count). The van der Waals surface area contributed by atoms with Gasteiger partial charge in [0, 0.05) is 44.0 Å². The van der Waals surface area contributed by atoms with Crippen LogP contribution >= 0.6 is 0 Å². The van der Waals surface area contributed by atoms with E-state index in [0.29, 0.717) is 5.69 Å². The average molecular weight is 354 g/mol. The Morgan fingerprint density at radius 1 is 1.12 bits per heavy atom. The molecule has 1 spiro atoms. The maximum Gasteiger partial charge on any atom is 0.274 e. The largest absolute Gasteiger partial charge is 0.337 e. The third kappa shape index (κ3) is 3.60. The number of nitrogens with zero attached hydrogens (tertiary/aromatic N) is 4. The summed E-state index contributed by atoms with van der Waals surface area (Å²) in [7, 11) is 0. The summed E-state index contributed by atoms with van der Waals surface area (Å²) < 4.78 is 13.1. The molecule has 2 saturated heterocycles. The molecule has 2 fully saturated rings. The zero-order chi connectivity index (χ0) is 18.0. The van der Waals surface area contributed by atoms with Crippen LogP contribution in [0.2, 0.25) is 0 Å². The second kappa shape index (κ2) is 7.11. The average Bonchev–Trinajstić information content (AvgIpc) is 3.05. The lowest BCUT2D eigenvalue weighted by molar-refractivity contribution is 0.0521. The summed E-state index contributed by atoms with van der Waals surface area (Å²) in [5.41, 5.74) is 1.72. The highest BCUT2D eigenvalue weighted by molar-refractivity contribution is 5.92. The maximum absolute atomic E-state index is 13.1. The monoisotopic (exact) mass is 354 g/mol. The highest BCUT2D eigenvalue weighted by atomic mass is 19.1. The molecule has 0 N–H and O–H groups in total. The van der Waals surface area contributed by atoms with E-state index in [1.54, 1.807) is 18.6 Å². The van der Waals surface area contributed by atoms with Gasteiger partial charge in [-0.05, 0) is 43.5 Å². The van der Waals surface area contributed by atoms with E-state index in [0.717, 1.165) is 57.5 Å². The van der Waals surface area contributed by atoms with Gasteiger partial charge in [0.25, 0.3) is 5.91 Å². The van der Waals surface area contributed by atoms with Crippen molar-refractivity contribution in [1.29, 1.82) is 0 Å². The number of benzene rings is 1. The molecule has 0 bridgehead atoms. The molecule has 0 aliphatic carbocycles. The number of rotatable bonds is 3. The van der Waals surface area contributed by atoms with Crippen LogP contribution in [0.5, 0.6) is 0 Å². The van der Waals surface area contributed by atoms with Gasteiger partial charge in [0.1, 0.15) is 11.5 Å². The van der Waals surface area contributed by atoms with Crippen molar-refractivity contribution in [1.82, 2.24) is 19.8 Å². The van der Waals surface area contributed by atoms with Crippen molar-refractivity contribution in [2.75, 3.05) is 26.2 Å². The van der Waals surface area contributed by atoms with Crippen molar-refractivity contribution in [2.45, 2.75) is 25.8 Å². The topological polar surface area (TPSA) is 49.3 Å². The van der Waals surface area contributed by atoms with E-state index in [1.807, 2.05) is 17.0 Å². The SMILES string of the molecule is O=C(c1cnccn1)N1CCC[C@@]2(CCN(Cc3ccc(F)cc3)C2)C1. The summed E-state index contributed by atoms with van der Waals surface area (Å²) in [6.07, 6.45) is 7.96. The van der Waals surface area contributed by atoms with Gasteiger partial charge in [-0.3, -0.25) is 14.7 Å². The van der Waals surface area contributed by atoms with E-state index in [4.69, 9.17) is 0 Å². The van der Waals surface area contributed by atoms with Crippen molar-refractivity contribution >= 4 is 5.91 Å². The lowest BCUT2D eigenvalue weighted by Crippen LogP contribution is -2.47. The van der Waals surface area contributed by atoms with Crippen LogP contribution in [0.4, 0.5) is 4.39 Å². The normalized spacial score (nSPS) is 23.5. The third-order valence-corrected chi connectivity index (χ3v) is 5.57. The fraction of sp³-hybridized carbons (Fsp3) is 0.450. The molecule has 3 heterocycles. The first kappa shape index (κ1) is 17.1. The molecule has 1 atom stereocenters. The van der Waals surface area contributed by atoms with E-state index in [-0.39, 0.29) is 17.1 Å². The van der Waals surface area contributed by atoms with Crippen molar-refractivity contribution < 1.29 is 9.18 Å². The fourth-order valence-electron chi connectivity index (χ4n) is 4.30. The zero-order valence-electron chi connectivity index (χ0n) is 14.8. The first-order valence-electron chi connectivity index (χ1n) is 9.16. The Morgan fingerprint density at radius 3 is 2.73 bits per heavy atom. The molecule has 136 valence electrons. The lowest BCUT2D eigenvalue weighted by atomic mass is 9.79. The molecule has 26 heavy (non-hydrogen) atoms. The standard InChI is InChI=1S/C20H23FN4O/c21-17-4-2-16(3-5-17)13-24-11-7-20(14-24)6-1-10-25(15-20)19(26)18-12-22-8-9-23-18/h2-5,8-9,12H,1,6-7,10-11,13-15H2/t20-/m0/s1. The quantitative estimate of drug-likeness (QED) is 0.850. The smallest absolute Gasteiger partial charge is 0.274 e. The maximum atomic E-state index is 13.1. The highest BCUT2D eigenvalue weighted by Crippen LogP contribution is 2.39. The Balaban J connectivity index is 1.41. The number of piperidine rings is 1. The summed E-state index contributed by atoms with van der Waals surface area (Å²) in [5.74, 6) is -0.216. The van der Waals surface area contributed by atoms with Crippen LogP contribution in [0.25, 0.3) is 0 Å². The van der Waals surface area contributed by atoms with E-state index < -0.39 is 0 Å². The molecule has 0 saturated carbocycles. The van der Waals surface area contributed by atoms with Gasteiger partial charge in [0.2, 0.25) is 0 Å². The summed E-state index contributed by atoms with van der Waals surface area (Å²) in [6.45, 7) is 4.40. The zero-order valence-corrected chi connectivity index (χ0v) is 14.8. The molecular weight excluding hydrogens is 331 g/mol. The molecule has 1 aromatic carbocycles. The van der Waals surface area contributed by atoms with Gasteiger partial charge in [0.15, 0.2) is 0 Å². The van der Waals surface area contributed by atoms with Gasteiger partial charge in [0.05, 0.1) is 6.20 Å². The van der Waals surface area contributed by atoms with Gasteiger partial charge < -0.3 is 4.90 Å². The van der Waals surface area contributed by atoms with Gasteiger partial charge >= 0.3 is 0 Å². The van der Waals surface area contributed by atoms with Crippen LogP contribution in [0.1, 0.15) is 35.3 Å². The van der Waals surface area contributed by atoms with Gasteiger partial charge in [-0.2, -0.15) is 0 Å². The molecule has 6 heteroatoms. The summed E-state index contributed by atoms with van der Waals surface area (Å²) in [6, 6.07) is 6.74. The molecule has 1 amide bonds. The third-order valence-electron chi connectivity index (χ3n) is 5.57. The molecule has 2 aromatic rings. The second-order valence-corrected chi connectivity index (χ2v) is 7.51. The first-order chi connectivity index (χ1) is 12.6. The van der Waals surface area contributed by atoms with Gasteiger partial charge in [-0.1, -0.05) is 12.1 Å². The predicted molar refractivity (Wildman–Crippen MR) is 95.9 cm³/mol. The highest BCUT2D eigenvalue weighted by Gasteiger charge is 2.42. The van der Waals surface area contributed by atoms with Crippen LogP contribution in [0.3, 0.4) is 0 Å². The van der Waals surface area contributed by atoms with Gasteiger partial charge in [-0.15, -0.1) is 0 Å². The van der Waals surface area contributed by atoms with E-state index in [9.17, 15) is 9.18 Å². The summed E-state index contributed by atoms with van der Waals surface area (Å²) in [5, 5.41) is 0. The molecule has 0 radical (unpaired) electrons. The van der Waals surface area contributed by atoms with Crippen LogP contribution in [-0.2, 0) is 6.54 Å². The molecule has 2 aliphatic heterocycles. The van der Waals surface area contributed by atoms with E-state index in [1.165, 1.54) is 12.1 Å². The lowest BCUT2D eigenvalue weighted by Gasteiger charge is -2.40. The van der Waals surface area contributed by atoms with Crippen molar-refractivity contribution in [3.05, 3.63) is 59.9 Å². The van der Waals surface area contributed by atoms with Crippen LogP contribution < -0.4 is 0 Å². The summed E-state index contributed by atoms with van der Waals surface area (Å²) >= 11 is 0. The fourth-order valence-corrected chi connectivity index (χ4v) is 4.30. The number of hydrogen-bond acceptors (Lipinski definition) is 4. The number of halogens is 1. The number of amides is 1.